The van der Waals surface area contributed by atoms with Crippen molar-refractivity contribution in [2.75, 3.05) is 23.3 Å². The molecule has 186 valence electrons. The molecule has 0 bridgehead atoms. The molecule has 1 unspecified atom stereocenters. The Labute approximate surface area is 217 Å². The number of benzene rings is 4. The van der Waals surface area contributed by atoms with Crippen LogP contribution in [0.4, 0.5) is 17.1 Å². The van der Waals surface area contributed by atoms with E-state index in [-0.39, 0.29) is 5.97 Å². The molecule has 2 aliphatic heterocycles. The second kappa shape index (κ2) is 9.00. The van der Waals surface area contributed by atoms with Gasteiger partial charge in [0.25, 0.3) is 0 Å². The van der Waals surface area contributed by atoms with Gasteiger partial charge in [-0.15, -0.1) is 0 Å². The van der Waals surface area contributed by atoms with Gasteiger partial charge in [0.15, 0.2) is 5.60 Å². The van der Waals surface area contributed by atoms with Crippen molar-refractivity contribution in [2.45, 2.75) is 32.8 Å². The number of anilines is 3. The van der Waals surface area contributed by atoms with E-state index in [1.807, 2.05) is 60.7 Å². The van der Waals surface area contributed by atoms with E-state index in [0.29, 0.717) is 17.7 Å². The number of para-hydroxylation sites is 1. The van der Waals surface area contributed by atoms with Gasteiger partial charge in [0.1, 0.15) is 11.5 Å². The summed E-state index contributed by atoms with van der Waals surface area (Å²) in [7, 11) is 0. The summed E-state index contributed by atoms with van der Waals surface area (Å²) in [5.74, 6) is 1.13. The largest absolute Gasteiger partial charge is 0.456 e. The highest BCUT2D eigenvalue weighted by Gasteiger charge is 2.49. The fourth-order valence-corrected chi connectivity index (χ4v) is 5.56. The minimum absolute atomic E-state index is 0.313. The van der Waals surface area contributed by atoms with Gasteiger partial charge < -0.3 is 19.7 Å². The number of carbonyl (C=O) groups is 1. The van der Waals surface area contributed by atoms with Crippen LogP contribution in [0.25, 0.3) is 0 Å². The first kappa shape index (κ1) is 23.2. The first-order valence-corrected chi connectivity index (χ1v) is 12.9. The average Bonchev–Trinajstić information content (AvgIpc) is 2.91. The molecule has 0 saturated heterocycles. The quantitative estimate of drug-likeness (QED) is 0.297. The van der Waals surface area contributed by atoms with Crippen molar-refractivity contribution in [3.05, 3.63) is 113 Å². The molecule has 0 aromatic heterocycles. The van der Waals surface area contributed by atoms with Crippen molar-refractivity contribution in [1.29, 1.82) is 0 Å². The fourth-order valence-electron chi connectivity index (χ4n) is 5.56. The summed E-state index contributed by atoms with van der Waals surface area (Å²) in [6.07, 6.45) is 0.538. The highest BCUT2D eigenvalue weighted by molar-refractivity contribution is 5.93. The van der Waals surface area contributed by atoms with E-state index in [4.69, 9.17) is 9.47 Å². The van der Waals surface area contributed by atoms with Crippen molar-refractivity contribution >= 4 is 23.0 Å². The van der Waals surface area contributed by atoms with Gasteiger partial charge in [0.05, 0.1) is 5.56 Å². The molecule has 1 atom stereocenters. The topological polar surface area (TPSA) is 50.8 Å². The van der Waals surface area contributed by atoms with Crippen LogP contribution in [0, 0.1) is 6.92 Å². The van der Waals surface area contributed by atoms with Crippen LogP contribution in [0.1, 0.15) is 46.5 Å². The Morgan fingerprint density at radius 3 is 2.38 bits per heavy atom. The molecule has 4 aromatic carbocycles. The summed E-state index contributed by atoms with van der Waals surface area (Å²) in [4.78, 5) is 15.7. The lowest BCUT2D eigenvalue weighted by Gasteiger charge is -2.43. The Morgan fingerprint density at radius 2 is 1.59 bits per heavy atom. The molecule has 2 heterocycles. The third-order valence-corrected chi connectivity index (χ3v) is 7.51. The smallest absolute Gasteiger partial charge is 0.339 e. The Kier molecular flexibility index (Phi) is 5.64. The van der Waals surface area contributed by atoms with E-state index in [1.54, 1.807) is 0 Å². The molecule has 1 N–H and O–H groups in total. The maximum Gasteiger partial charge on any atom is 0.339 e. The van der Waals surface area contributed by atoms with Gasteiger partial charge in [-0.05, 0) is 74.4 Å². The van der Waals surface area contributed by atoms with Crippen molar-refractivity contribution in [1.82, 2.24) is 0 Å². The standard InChI is InChI=1S/C32H30N2O3/c1-4-34(5-2)24-15-16-26-30(18-24)36-29-17-21(3)28(33-23-12-7-6-8-13-23)19-27(29)32(26)20-22-11-9-10-14-25(22)31(35)37-32/h6-19,33H,4-5,20H2,1-3H3. The van der Waals surface area contributed by atoms with Crippen molar-refractivity contribution in [2.24, 2.45) is 0 Å². The molecule has 5 heteroatoms. The summed E-state index contributed by atoms with van der Waals surface area (Å²) < 4.78 is 13.0. The highest BCUT2D eigenvalue weighted by Crippen LogP contribution is 2.54. The van der Waals surface area contributed by atoms with Crippen LogP contribution >= 0.6 is 0 Å². The monoisotopic (exact) mass is 490 g/mol. The van der Waals surface area contributed by atoms with Crippen LogP contribution in [0.2, 0.25) is 0 Å². The Hall–Kier alpha value is -4.25. The Morgan fingerprint density at radius 1 is 0.865 bits per heavy atom. The second-order valence-corrected chi connectivity index (χ2v) is 9.66. The molecule has 0 saturated carbocycles. The third-order valence-electron chi connectivity index (χ3n) is 7.51. The Balaban J connectivity index is 1.54. The van der Waals surface area contributed by atoms with Gasteiger partial charge in [0.2, 0.25) is 0 Å². The molecule has 2 aliphatic rings. The number of fused-ring (bicyclic) bond motifs is 5. The number of hydrogen-bond acceptors (Lipinski definition) is 5. The predicted octanol–water partition coefficient (Wildman–Crippen LogP) is 7.35. The molecule has 0 radical (unpaired) electrons. The molecular weight excluding hydrogens is 460 g/mol. The van der Waals surface area contributed by atoms with E-state index in [2.05, 4.69) is 55.3 Å². The van der Waals surface area contributed by atoms with Crippen molar-refractivity contribution < 1.29 is 14.3 Å². The summed E-state index contributed by atoms with van der Waals surface area (Å²) in [6, 6.07) is 28.2. The van der Waals surface area contributed by atoms with E-state index in [0.717, 1.165) is 58.2 Å². The van der Waals surface area contributed by atoms with Gasteiger partial charge in [-0.25, -0.2) is 4.79 Å². The summed E-state index contributed by atoms with van der Waals surface area (Å²) >= 11 is 0. The zero-order chi connectivity index (χ0) is 25.6. The van der Waals surface area contributed by atoms with E-state index in [9.17, 15) is 4.79 Å². The van der Waals surface area contributed by atoms with Crippen LogP contribution in [-0.2, 0) is 16.8 Å². The SMILES string of the molecule is CCN(CC)c1ccc2c(c1)Oc1cc(C)c(Nc3ccccc3)cc1C21Cc2ccccc2C(=O)O1. The lowest BCUT2D eigenvalue weighted by molar-refractivity contribution is -0.0112. The van der Waals surface area contributed by atoms with Gasteiger partial charge in [0, 0.05) is 53.8 Å². The number of rotatable bonds is 5. The molecule has 37 heavy (non-hydrogen) atoms. The van der Waals surface area contributed by atoms with E-state index in [1.165, 1.54) is 0 Å². The fraction of sp³-hybridized carbons (Fsp3) is 0.219. The van der Waals surface area contributed by atoms with Crippen LogP contribution in [0.5, 0.6) is 11.5 Å². The highest BCUT2D eigenvalue weighted by atomic mass is 16.6. The van der Waals surface area contributed by atoms with Crippen LogP contribution in [-0.4, -0.2) is 19.1 Å². The molecular formula is C32H30N2O3. The summed E-state index contributed by atoms with van der Waals surface area (Å²) in [5.41, 5.74) is 6.40. The van der Waals surface area contributed by atoms with Gasteiger partial charge >= 0.3 is 5.97 Å². The number of aryl methyl sites for hydroxylation is 1. The molecule has 0 amide bonds. The zero-order valence-corrected chi connectivity index (χ0v) is 21.4. The van der Waals surface area contributed by atoms with Crippen molar-refractivity contribution in [3.8, 4) is 11.5 Å². The van der Waals surface area contributed by atoms with E-state index >= 15 is 0 Å². The van der Waals surface area contributed by atoms with Gasteiger partial charge in [-0.3, -0.25) is 0 Å². The van der Waals surface area contributed by atoms with Crippen molar-refractivity contribution in [3.63, 3.8) is 0 Å². The van der Waals surface area contributed by atoms with E-state index < -0.39 is 5.60 Å². The number of hydrogen-bond donors (Lipinski definition) is 1. The second-order valence-electron chi connectivity index (χ2n) is 9.66. The predicted molar refractivity (Wildman–Crippen MR) is 147 cm³/mol. The molecule has 0 aliphatic carbocycles. The maximum atomic E-state index is 13.4. The number of ether oxygens (including phenoxy) is 2. The van der Waals surface area contributed by atoms with Crippen LogP contribution in [0.3, 0.4) is 0 Å². The minimum Gasteiger partial charge on any atom is -0.456 e. The molecule has 4 aromatic rings. The van der Waals surface area contributed by atoms with Crippen LogP contribution in [0.15, 0.2) is 84.9 Å². The zero-order valence-electron chi connectivity index (χ0n) is 21.4. The molecule has 5 nitrogen and oxygen atoms in total. The normalized spacial score (nSPS) is 17.2. The lowest BCUT2D eigenvalue weighted by Crippen LogP contribution is -2.42. The molecule has 1 spiro atoms. The number of esters is 1. The third kappa shape index (κ3) is 3.82. The summed E-state index contributed by atoms with van der Waals surface area (Å²) in [6.45, 7) is 8.14. The maximum absolute atomic E-state index is 13.4. The lowest BCUT2D eigenvalue weighted by atomic mass is 9.75. The molecule has 6 rings (SSSR count). The minimum atomic E-state index is -0.989. The average molecular weight is 491 g/mol. The number of nitrogens with one attached hydrogen (secondary N) is 1. The van der Waals surface area contributed by atoms with Gasteiger partial charge in [-0.1, -0.05) is 36.4 Å². The van der Waals surface area contributed by atoms with Gasteiger partial charge in [-0.2, -0.15) is 0 Å². The number of carbonyl (C=O) groups excluding carboxylic acids is 1. The summed E-state index contributed by atoms with van der Waals surface area (Å²) in [5, 5.41) is 3.54. The van der Waals surface area contributed by atoms with Crippen LogP contribution < -0.4 is 15.0 Å². The first-order chi connectivity index (χ1) is 18.0. The molecule has 0 fully saturated rings. The number of nitrogens with zero attached hydrogens (tertiary/aromatic N) is 1. The first-order valence-electron chi connectivity index (χ1n) is 12.9. The Bertz CT molecular complexity index is 1490.